The molecule has 1 N–H and O–H groups in total. The Morgan fingerprint density at radius 3 is 2.41 bits per heavy atom. The third-order valence-corrected chi connectivity index (χ3v) is 4.69. The summed E-state index contributed by atoms with van der Waals surface area (Å²) in [5.74, 6) is -0.466. The highest BCUT2D eigenvalue weighted by Crippen LogP contribution is 2.27. The third-order valence-electron chi connectivity index (χ3n) is 3.76. The summed E-state index contributed by atoms with van der Waals surface area (Å²) in [5, 5.41) is 8.93. The van der Waals surface area contributed by atoms with E-state index in [4.69, 9.17) is 4.42 Å². The molecule has 0 radical (unpaired) electrons. The Bertz CT molecular complexity index is 745. The van der Waals surface area contributed by atoms with Gasteiger partial charge in [0.15, 0.2) is 0 Å². The molecule has 10 heteroatoms. The van der Waals surface area contributed by atoms with Crippen LogP contribution in [0.1, 0.15) is 20.8 Å². The summed E-state index contributed by atoms with van der Waals surface area (Å²) in [6.45, 7) is 6.04. The Hall–Kier alpha value is -2.23. The fourth-order valence-electron chi connectivity index (χ4n) is 2.31. The number of rotatable bonds is 8. The van der Waals surface area contributed by atoms with Gasteiger partial charge in [0.25, 0.3) is 5.22 Å². The number of nitrogens with one attached hydrogen (secondary N) is 1. The summed E-state index contributed by atoms with van der Waals surface area (Å²) in [6.07, 6.45) is -4.45. The van der Waals surface area contributed by atoms with E-state index in [-0.39, 0.29) is 11.1 Å². The molecule has 2 rings (SSSR count). The van der Waals surface area contributed by atoms with E-state index in [0.717, 1.165) is 36.1 Å². The molecule has 1 aromatic carbocycles. The molecule has 27 heavy (non-hydrogen) atoms. The highest BCUT2D eigenvalue weighted by molar-refractivity contribution is 8.00. The van der Waals surface area contributed by atoms with Gasteiger partial charge in [0.1, 0.15) is 6.54 Å². The molecule has 1 unspecified atom stereocenters. The number of nitrogens with zero attached hydrogens (tertiary/aromatic N) is 3. The molecule has 0 aliphatic heterocycles. The molecule has 1 atom stereocenters. The molecule has 0 saturated heterocycles. The smallest absolute Gasteiger partial charge is 0.405 e. The van der Waals surface area contributed by atoms with Crippen molar-refractivity contribution in [2.24, 2.45) is 0 Å². The van der Waals surface area contributed by atoms with Crippen LogP contribution in [-0.4, -0.2) is 47.2 Å². The number of halogens is 3. The van der Waals surface area contributed by atoms with Crippen molar-refractivity contribution in [1.29, 1.82) is 0 Å². The van der Waals surface area contributed by atoms with E-state index in [0.29, 0.717) is 0 Å². The maximum Gasteiger partial charge on any atom is 0.405 e. The number of hydrogen-bond donors (Lipinski definition) is 1. The quantitative estimate of drug-likeness (QED) is 0.679. The van der Waals surface area contributed by atoms with Crippen molar-refractivity contribution in [3.8, 4) is 11.5 Å². The Morgan fingerprint density at radius 2 is 1.85 bits per heavy atom. The lowest BCUT2D eigenvalue weighted by atomic mass is 10.2. The Balaban J connectivity index is 1.99. The van der Waals surface area contributed by atoms with E-state index >= 15 is 0 Å². The van der Waals surface area contributed by atoms with Crippen LogP contribution in [0, 0.1) is 0 Å². The van der Waals surface area contributed by atoms with Crippen molar-refractivity contribution in [3.05, 3.63) is 24.3 Å². The van der Waals surface area contributed by atoms with E-state index in [1.807, 2.05) is 29.6 Å². The van der Waals surface area contributed by atoms with Crippen LogP contribution in [0.5, 0.6) is 0 Å². The highest BCUT2D eigenvalue weighted by atomic mass is 32.2. The number of anilines is 1. The molecule has 6 nitrogen and oxygen atoms in total. The Morgan fingerprint density at radius 1 is 1.22 bits per heavy atom. The first-order valence-electron chi connectivity index (χ1n) is 8.43. The normalized spacial score (nSPS) is 12.7. The van der Waals surface area contributed by atoms with Crippen LogP contribution in [0.3, 0.4) is 0 Å². The van der Waals surface area contributed by atoms with Crippen LogP contribution in [0.4, 0.5) is 18.9 Å². The summed E-state index contributed by atoms with van der Waals surface area (Å²) >= 11 is 0.905. The molecular formula is C17H21F3N4O2S. The number of alkyl halides is 3. The summed E-state index contributed by atoms with van der Waals surface area (Å²) in [6, 6.07) is 7.61. The topological polar surface area (TPSA) is 71.3 Å². The van der Waals surface area contributed by atoms with Gasteiger partial charge >= 0.3 is 6.18 Å². The van der Waals surface area contributed by atoms with Crippen LogP contribution in [0.25, 0.3) is 11.5 Å². The Kier molecular flexibility index (Phi) is 7.11. The molecule has 0 saturated carbocycles. The predicted molar refractivity (Wildman–Crippen MR) is 97.7 cm³/mol. The van der Waals surface area contributed by atoms with Gasteiger partial charge in [-0.3, -0.25) is 4.79 Å². The predicted octanol–water partition coefficient (Wildman–Crippen LogP) is 3.74. The van der Waals surface area contributed by atoms with Crippen LogP contribution in [0.15, 0.2) is 33.9 Å². The lowest BCUT2D eigenvalue weighted by Crippen LogP contribution is -2.37. The average molecular weight is 402 g/mol. The summed E-state index contributed by atoms with van der Waals surface area (Å²) < 4.78 is 42.0. The Labute approximate surface area is 159 Å². The molecule has 0 aliphatic carbocycles. The molecule has 2 aromatic rings. The zero-order chi connectivity index (χ0) is 20.0. The zero-order valence-corrected chi connectivity index (χ0v) is 16.0. The summed E-state index contributed by atoms with van der Waals surface area (Å²) in [7, 11) is 0. The molecular weight excluding hydrogens is 381 g/mol. The molecule has 0 bridgehead atoms. The fraction of sp³-hybridized carbons (Fsp3) is 0.471. The number of carbonyl (C=O) groups excluding carboxylic acids is 1. The van der Waals surface area contributed by atoms with E-state index in [2.05, 4.69) is 28.9 Å². The van der Waals surface area contributed by atoms with Crippen LogP contribution < -0.4 is 10.2 Å². The van der Waals surface area contributed by atoms with E-state index in [1.165, 1.54) is 6.92 Å². The standard InChI is InChI=1S/C17H21F3N4O2S/c1-4-24(5-2)13-8-6-12(7-9-13)15-22-23-16(26-15)27-11(3)14(25)21-10-17(18,19)20/h6-9,11H,4-5,10H2,1-3H3,(H,21,25). The van der Waals surface area contributed by atoms with E-state index in [9.17, 15) is 18.0 Å². The van der Waals surface area contributed by atoms with Gasteiger partial charge in [-0.25, -0.2) is 0 Å². The number of amides is 1. The van der Waals surface area contributed by atoms with Gasteiger partial charge in [0.05, 0.1) is 5.25 Å². The van der Waals surface area contributed by atoms with Crippen molar-refractivity contribution in [3.63, 3.8) is 0 Å². The van der Waals surface area contributed by atoms with Crippen molar-refractivity contribution in [2.45, 2.75) is 37.4 Å². The fourth-order valence-corrected chi connectivity index (χ4v) is 3.02. The van der Waals surface area contributed by atoms with Crippen molar-refractivity contribution >= 4 is 23.4 Å². The summed E-state index contributed by atoms with van der Waals surface area (Å²) in [5.41, 5.74) is 1.80. The maximum absolute atomic E-state index is 12.2. The number of thioether (sulfide) groups is 1. The van der Waals surface area contributed by atoms with Gasteiger partial charge in [-0.1, -0.05) is 11.8 Å². The van der Waals surface area contributed by atoms with Gasteiger partial charge in [-0.15, -0.1) is 10.2 Å². The monoisotopic (exact) mass is 402 g/mol. The second-order valence-electron chi connectivity index (χ2n) is 5.69. The van der Waals surface area contributed by atoms with E-state index in [1.54, 1.807) is 0 Å². The lowest BCUT2D eigenvalue weighted by molar-refractivity contribution is -0.137. The van der Waals surface area contributed by atoms with Gasteiger partial charge in [-0.2, -0.15) is 13.2 Å². The zero-order valence-electron chi connectivity index (χ0n) is 15.2. The first-order chi connectivity index (χ1) is 12.7. The number of aromatic nitrogens is 2. The molecule has 1 heterocycles. The number of carbonyl (C=O) groups is 1. The van der Waals surface area contributed by atoms with Crippen molar-refractivity contribution in [1.82, 2.24) is 15.5 Å². The van der Waals surface area contributed by atoms with Gasteiger partial charge in [-0.05, 0) is 45.0 Å². The maximum atomic E-state index is 12.2. The first kappa shape index (κ1) is 21.1. The van der Waals surface area contributed by atoms with Crippen LogP contribution in [-0.2, 0) is 4.79 Å². The second-order valence-corrected chi connectivity index (χ2v) is 6.98. The molecule has 1 amide bonds. The SMILES string of the molecule is CCN(CC)c1ccc(-c2nnc(SC(C)C(=O)NCC(F)(F)F)o2)cc1. The lowest BCUT2D eigenvalue weighted by Gasteiger charge is -2.20. The highest BCUT2D eigenvalue weighted by Gasteiger charge is 2.29. The van der Waals surface area contributed by atoms with Gasteiger partial charge < -0.3 is 14.6 Å². The van der Waals surface area contributed by atoms with Crippen LogP contribution in [0.2, 0.25) is 0 Å². The molecule has 1 aromatic heterocycles. The van der Waals surface area contributed by atoms with Crippen molar-refractivity contribution in [2.75, 3.05) is 24.5 Å². The van der Waals surface area contributed by atoms with E-state index < -0.39 is 23.9 Å². The molecule has 148 valence electrons. The van der Waals surface area contributed by atoms with Gasteiger partial charge in [0.2, 0.25) is 11.8 Å². The molecule has 0 aliphatic rings. The number of benzene rings is 1. The number of hydrogen-bond acceptors (Lipinski definition) is 6. The average Bonchev–Trinajstić information content (AvgIpc) is 3.09. The summed E-state index contributed by atoms with van der Waals surface area (Å²) in [4.78, 5) is 13.9. The largest absolute Gasteiger partial charge is 0.411 e. The van der Waals surface area contributed by atoms with Crippen molar-refractivity contribution < 1.29 is 22.4 Å². The third kappa shape index (κ3) is 6.16. The minimum Gasteiger partial charge on any atom is -0.411 e. The van der Waals surface area contributed by atoms with Crippen LogP contribution >= 0.6 is 11.8 Å². The minimum absolute atomic E-state index is 0.118. The first-order valence-corrected chi connectivity index (χ1v) is 9.31. The minimum atomic E-state index is -4.45. The molecule has 0 fully saturated rings. The van der Waals surface area contributed by atoms with Gasteiger partial charge in [0, 0.05) is 24.3 Å². The second kappa shape index (κ2) is 9.12. The molecule has 0 spiro atoms.